The standard InChI is InChI=1S/C13H16N2O2/c1-3-8-14-13(16)17-12-6-4-5-11-10(12)7-9-15(11)2/h4-7,9H,3,8H2,1-2H3,(H,14,16). The van der Waals surface area contributed by atoms with E-state index in [1.54, 1.807) is 6.07 Å². The molecule has 4 nitrogen and oxygen atoms in total. The Morgan fingerprint density at radius 3 is 3.00 bits per heavy atom. The second-order valence-electron chi connectivity index (χ2n) is 3.93. The summed E-state index contributed by atoms with van der Waals surface area (Å²) in [5, 5.41) is 3.63. The fourth-order valence-corrected chi connectivity index (χ4v) is 1.73. The van der Waals surface area contributed by atoms with Crippen molar-refractivity contribution in [2.45, 2.75) is 13.3 Å². The summed E-state index contributed by atoms with van der Waals surface area (Å²) in [6, 6.07) is 7.61. The van der Waals surface area contributed by atoms with Crippen molar-refractivity contribution in [1.82, 2.24) is 9.88 Å². The summed E-state index contributed by atoms with van der Waals surface area (Å²) >= 11 is 0. The summed E-state index contributed by atoms with van der Waals surface area (Å²) in [7, 11) is 1.96. The molecule has 1 aromatic heterocycles. The van der Waals surface area contributed by atoms with Gasteiger partial charge >= 0.3 is 6.09 Å². The Bertz CT molecular complexity index is 531. The zero-order chi connectivity index (χ0) is 12.3. The number of nitrogens with zero attached hydrogens (tertiary/aromatic N) is 1. The van der Waals surface area contributed by atoms with Gasteiger partial charge in [-0.1, -0.05) is 13.0 Å². The molecule has 0 fully saturated rings. The molecule has 1 aromatic carbocycles. The highest BCUT2D eigenvalue weighted by Gasteiger charge is 2.08. The maximum absolute atomic E-state index is 11.5. The van der Waals surface area contributed by atoms with Crippen LogP contribution in [0.1, 0.15) is 13.3 Å². The van der Waals surface area contributed by atoms with Crippen LogP contribution in [0.15, 0.2) is 30.5 Å². The number of hydrogen-bond acceptors (Lipinski definition) is 2. The monoisotopic (exact) mass is 232 g/mol. The van der Waals surface area contributed by atoms with E-state index < -0.39 is 6.09 Å². The van der Waals surface area contributed by atoms with E-state index in [4.69, 9.17) is 4.74 Å². The van der Waals surface area contributed by atoms with Crippen molar-refractivity contribution in [2.75, 3.05) is 6.54 Å². The quantitative estimate of drug-likeness (QED) is 0.884. The van der Waals surface area contributed by atoms with Gasteiger partial charge in [0, 0.05) is 25.2 Å². The summed E-state index contributed by atoms with van der Waals surface area (Å²) in [6.45, 7) is 2.63. The van der Waals surface area contributed by atoms with Crippen LogP contribution in [0, 0.1) is 0 Å². The first-order valence-electron chi connectivity index (χ1n) is 5.72. The number of fused-ring (bicyclic) bond motifs is 1. The lowest BCUT2D eigenvalue weighted by Gasteiger charge is -2.06. The largest absolute Gasteiger partial charge is 0.412 e. The number of amides is 1. The molecule has 1 N–H and O–H groups in total. The van der Waals surface area contributed by atoms with Crippen molar-refractivity contribution < 1.29 is 9.53 Å². The predicted octanol–water partition coefficient (Wildman–Crippen LogP) is 2.68. The molecule has 1 amide bonds. The Morgan fingerprint density at radius 1 is 1.41 bits per heavy atom. The molecule has 0 atom stereocenters. The first-order valence-corrected chi connectivity index (χ1v) is 5.72. The van der Waals surface area contributed by atoms with E-state index in [1.807, 2.05) is 42.9 Å². The van der Waals surface area contributed by atoms with Crippen LogP contribution in [0.2, 0.25) is 0 Å². The van der Waals surface area contributed by atoms with Gasteiger partial charge in [-0.2, -0.15) is 0 Å². The maximum atomic E-state index is 11.5. The molecule has 0 aliphatic carbocycles. The van der Waals surface area contributed by atoms with Crippen LogP contribution in [0.5, 0.6) is 5.75 Å². The normalized spacial score (nSPS) is 10.5. The molecule has 0 aliphatic heterocycles. The number of carbonyl (C=O) groups excluding carboxylic acids is 1. The molecule has 0 unspecified atom stereocenters. The van der Waals surface area contributed by atoms with Crippen molar-refractivity contribution in [3.8, 4) is 5.75 Å². The number of carbonyl (C=O) groups is 1. The second kappa shape index (κ2) is 4.91. The molecule has 2 aromatic rings. The molecule has 0 radical (unpaired) electrons. The number of nitrogens with one attached hydrogen (secondary N) is 1. The first kappa shape index (κ1) is 11.5. The summed E-state index contributed by atoms with van der Waals surface area (Å²) in [6.07, 6.45) is 2.44. The lowest BCUT2D eigenvalue weighted by molar-refractivity contribution is 0.201. The van der Waals surface area contributed by atoms with Gasteiger partial charge < -0.3 is 14.6 Å². The third-order valence-electron chi connectivity index (χ3n) is 2.61. The van der Waals surface area contributed by atoms with Crippen LogP contribution in [-0.4, -0.2) is 17.2 Å². The van der Waals surface area contributed by atoms with Gasteiger partial charge in [0.1, 0.15) is 5.75 Å². The topological polar surface area (TPSA) is 43.3 Å². The SMILES string of the molecule is CCCNC(=O)Oc1cccc2c1ccn2C. The highest BCUT2D eigenvalue weighted by Crippen LogP contribution is 2.25. The minimum Gasteiger partial charge on any atom is -0.410 e. The van der Waals surface area contributed by atoms with E-state index in [0.29, 0.717) is 12.3 Å². The van der Waals surface area contributed by atoms with Gasteiger partial charge in [0.05, 0.1) is 5.52 Å². The number of rotatable bonds is 3. The predicted molar refractivity (Wildman–Crippen MR) is 67.2 cm³/mol. The molecule has 2 rings (SSSR count). The van der Waals surface area contributed by atoms with E-state index in [9.17, 15) is 4.79 Å². The number of hydrogen-bond donors (Lipinski definition) is 1. The van der Waals surface area contributed by atoms with Crippen molar-refractivity contribution >= 4 is 17.0 Å². The second-order valence-corrected chi connectivity index (χ2v) is 3.93. The Labute approximate surface area is 100 Å². The molecule has 17 heavy (non-hydrogen) atoms. The summed E-state index contributed by atoms with van der Waals surface area (Å²) in [5.74, 6) is 0.594. The van der Waals surface area contributed by atoms with Crippen LogP contribution in [-0.2, 0) is 7.05 Å². The van der Waals surface area contributed by atoms with E-state index in [1.165, 1.54) is 0 Å². The molecule has 4 heteroatoms. The van der Waals surface area contributed by atoms with Crippen molar-refractivity contribution in [1.29, 1.82) is 0 Å². The van der Waals surface area contributed by atoms with Gasteiger partial charge in [-0.25, -0.2) is 4.79 Å². The van der Waals surface area contributed by atoms with Gasteiger partial charge in [0.15, 0.2) is 0 Å². The van der Waals surface area contributed by atoms with E-state index in [2.05, 4.69) is 5.32 Å². The molecular weight excluding hydrogens is 216 g/mol. The fourth-order valence-electron chi connectivity index (χ4n) is 1.73. The Hall–Kier alpha value is -1.97. The molecule has 90 valence electrons. The number of ether oxygens (including phenoxy) is 1. The first-order chi connectivity index (χ1) is 8.22. The van der Waals surface area contributed by atoms with Gasteiger partial charge in [0.25, 0.3) is 0 Å². The molecule has 0 saturated carbocycles. The average Bonchev–Trinajstić information content (AvgIpc) is 2.70. The zero-order valence-corrected chi connectivity index (χ0v) is 10.1. The van der Waals surface area contributed by atoms with Gasteiger partial charge in [-0.15, -0.1) is 0 Å². The molecule has 0 aliphatic rings. The number of aromatic nitrogens is 1. The molecule has 0 bridgehead atoms. The number of aryl methyl sites for hydroxylation is 1. The smallest absolute Gasteiger partial charge is 0.410 e. The van der Waals surface area contributed by atoms with Crippen LogP contribution in [0.4, 0.5) is 4.79 Å². The van der Waals surface area contributed by atoms with E-state index >= 15 is 0 Å². The van der Waals surface area contributed by atoms with E-state index in [0.717, 1.165) is 17.3 Å². The summed E-state index contributed by atoms with van der Waals surface area (Å²) in [5.41, 5.74) is 1.05. The maximum Gasteiger partial charge on any atom is 0.412 e. The Balaban J connectivity index is 2.21. The number of benzene rings is 1. The highest BCUT2D eigenvalue weighted by atomic mass is 16.6. The molecule has 0 saturated heterocycles. The highest BCUT2D eigenvalue weighted by molar-refractivity contribution is 5.88. The lowest BCUT2D eigenvalue weighted by Crippen LogP contribution is -2.27. The van der Waals surface area contributed by atoms with Crippen LogP contribution in [0.25, 0.3) is 10.9 Å². The third-order valence-corrected chi connectivity index (χ3v) is 2.61. The Morgan fingerprint density at radius 2 is 2.24 bits per heavy atom. The summed E-state index contributed by atoms with van der Waals surface area (Å²) in [4.78, 5) is 11.5. The minimum absolute atomic E-state index is 0.400. The van der Waals surface area contributed by atoms with Crippen molar-refractivity contribution in [2.24, 2.45) is 7.05 Å². The van der Waals surface area contributed by atoms with Crippen molar-refractivity contribution in [3.63, 3.8) is 0 Å². The van der Waals surface area contributed by atoms with Gasteiger partial charge in [-0.3, -0.25) is 0 Å². The van der Waals surface area contributed by atoms with E-state index in [-0.39, 0.29) is 0 Å². The van der Waals surface area contributed by atoms with Crippen LogP contribution < -0.4 is 10.1 Å². The summed E-state index contributed by atoms with van der Waals surface area (Å²) < 4.78 is 7.27. The van der Waals surface area contributed by atoms with Crippen molar-refractivity contribution in [3.05, 3.63) is 30.5 Å². The zero-order valence-electron chi connectivity index (χ0n) is 10.1. The lowest BCUT2D eigenvalue weighted by atomic mass is 10.2. The Kier molecular flexibility index (Phi) is 3.32. The van der Waals surface area contributed by atoms with Gasteiger partial charge in [0.2, 0.25) is 0 Å². The average molecular weight is 232 g/mol. The molecular formula is C13H16N2O2. The van der Waals surface area contributed by atoms with Crippen LogP contribution in [0.3, 0.4) is 0 Å². The minimum atomic E-state index is -0.400. The van der Waals surface area contributed by atoms with Gasteiger partial charge in [-0.05, 0) is 24.6 Å². The fraction of sp³-hybridized carbons (Fsp3) is 0.308. The third kappa shape index (κ3) is 2.41. The van der Waals surface area contributed by atoms with Crippen LogP contribution >= 0.6 is 0 Å². The molecule has 1 heterocycles. The molecule has 0 spiro atoms.